The van der Waals surface area contributed by atoms with Gasteiger partial charge in [-0.25, -0.2) is 0 Å². The molecule has 0 amide bonds. The van der Waals surface area contributed by atoms with Gasteiger partial charge >= 0.3 is 0 Å². The predicted molar refractivity (Wildman–Crippen MR) is 63.8 cm³/mol. The van der Waals surface area contributed by atoms with E-state index in [1.807, 2.05) is 0 Å². The van der Waals surface area contributed by atoms with Gasteiger partial charge in [-0.1, -0.05) is 18.6 Å². The van der Waals surface area contributed by atoms with Gasteiger partial charge in [-0.15, -0.1) is 0 Å². The number of fused-ring (bicyclic) bond motifs is 2. The Morgan fingerprint density at radius 2 is 2.13 bits per heavy atom. The van der Waals surface area contributed by atoms with Gasteiger partial charge in [-0.3, -0.25) is 0 Å². The molecule has 0 aromatic rings. The van der Waals surface area contributed by atoms with Crippen LogP contribution in [-0.4, -0.2) is 13.7 Å². The van der Waals surface area contributed by atoms with Crippen molar-refractivity contribution in [3.63, 3.8) is 0 Å². The van der Waals surface area contributed by atoms with Crippen molar-refractivity contribution in [2.24, 2.45) is 17.8 Å². The Morgan fingerprint density at radius 3 is 2.80 bits per heavy atom. The second kappa shape index (κ2) is 5.69. The molecule has 2 fully saturated rings. The number of allylic oxidation sites excluding steroid dienone is 1. The summed E-state index contributed by atoms with van der Waals surface area (Å²) >= 11 is 0. The van der Waals surface area contributed by atoms with Crippen LogP contribution in [0.15, 0.2) is 12.2 Å². The van der Waals surface area contributed by atoms with Crippen LogP contribution in [-0.2, 0) is 4.74 Å². The summed E-state index contributed by atoms with van der Waals surface area (Å²) in [6, 6.07) is 0. The normalized spacial score (nSPS) is 34.3. The molecule has 0 aromatic carbocycles. The maximum atomic E-state index is 4.98. The van der Waals surface area contributed by atoms with Crippen molar-refractivity contribution in [1.82, 2.24) is 0 Å². The zero-order valence-electron chi connectivity index (χ0n) is 9.95. The van der Waals surface area contributed by atoms with E-state index in [2.05, 4.69) is 12.2 Å². The minimum absolute atomic E-state index is 0.772. The molecular weight excluding hydrogens is 184 g/mol. The van der Waals surface area contributed by atoms with E-state index in [-0.39, 0.29) is 0 Å². The maximum Gasteiger partial charge on any atom is 0.0643 e. The molecule has 15 heavy (non-hydrogen) atoms. The third-order valence-corrected chi connectivity index (χ3v) is 4.26. The Morgan fingerprint density at radius 1 is 1.20 bits per heavy atom. The molecule has 0 aliphatic heterocycles. The highest BCUT2D eigenvalue weighted by Crippen LogP contribution is 2.49. The summed E-state index contributed by atoms with van der Waals surface area (Å²) < 4.78 is 4.98. The van der Waals surface area contributed by atoms with E-state index in [4.69, 9.17) is 4.74 Å². The molecule has 0 radical (unpaired) electrons. The lowest BCUT2D eigenvalue weighted by atomic mass is 9.85. The van der Waals surface area contributed by atoms with Gasteiger partial charge in [0.1, 0.15) is 0 Å². The van der Waals surface area contributed by atoms with Gasteiger partial charge in [-0.2, -0.15) is 0 Å². The fraction of sp³-hybridized carbons (Fsp3) is 0.857. The van der Waals surface area contributed by atoms with Gasteiger partial charge in [0, 0.05) is 7.11 Å². The molecule has 2 rings (SSSR count). The number of hydrogen-bond acceptors (Lipinski definition) is 1. The first kappa shape index (κ1) is 11.2. The van der Waals surface area contributed by atoms with E-state index in [0.29, 0.717) is 0 Å². The summed E-state index contributed by atoms with van der Waals surface area (Å²) in [5.41, 5.74) is 0. The van der Waals surface area contributed by atoms with Crippen LogP contribution in [0.25, 0.3) is 0 Å². The van der Waals surface area contributed by atoms with Gasteiger partial charge in [0.05, 0.1) is 6.61 Å². The van der Waals surface area contributed by atoms with E-state index in [0.717, 1.165) is 24.4 Å². The first-order valence-corrected chi connectivity index (χ1v) is 6.54. The van der Waals surface area contributed by atoms with Gasteiger partial charge < -0.3 is 4.74 Å². The molecule has 3 atom stereocenters. The number of ether oxygens (including phenoxy) is 1. The highest BCUT2D eigenvalue weighted by atomic mass is 16.5. The van der Waals surface area contributed by atoms with Crippen molar-refractivity contribution in [3.05, 3.63) is 12.2 Å². The van der Waals surface area contributed by atoms with Gasteiger partial charge in [0.15, 0.2) is 0 Å². The van der Waals surface area contributed by atoms with E-state index in [1.165, 1.54) is 32.1 Å². The molecular formula is C14H24O. The fourth-order valence-corrected chi connectivity index (χ4v) is 3.51. The van der Waals surface area contributed by atoms with Crippen molar-refractivity contribution >= 4 is 0 Å². The van der Waals surface area contributed by atoms with Crippen molar-refractivity contribution in [2.75, 3.05) is 13.7 Å². The average molecular weight is 208 g/mol. The Bertz CT molecular complexity index is 209. The molecule has 0 N–H and O–H groups in total. The van der Waals surface area contributed by atoms with Crippen LogP contribution in [0, 0.1) is 17.8 Å². The van der Waals surface area contributed by atoms with E-state index >= 15 is 0 Å². The van der Waals surface area contributed by atoms with Crippen LogP contribution in [0.4, 0.5) is 0 Å². The molecule has 0 heterocycles. The van der Waals surface area contributed by atoms with Crippen molar-refractivity contribution < 1.29 is 4.74 Å². The molecule has 0 spiro atoms. The minimum atomic E-state index is 0.772. The lowest BCUT2D eigenvalue weighted by Gasteiger charge is -2.20. The zero-order chi connectivity index (χ0) is 10.5. The molecule has 86 valence electrons. The summed E-state index contributed by atoms with van der Waals surface area (Å²) in [7, 11) is 1.75. The number of hydrogen-bond donors (Lipinski definition) is 0. The summed E-state index contributed by atoms with van der Waals surface area (Å²) in [4.78, 5) is 0. The van der Waals surface area contributed by atoms with E-state index < -0.39 is 0 Å². The topological polar surface area (TPSA) is 9.23 Å². The molecule has 2 bridgehead atoms. The van der Waals surface area contributed by atoms with Crippen LogP contribution < -0.4 is 0 Å². The van der Waals surface area contributed by atoms with Crippen molar-refractivity contribution in [1.29, 1.82) is 0 Å². The molecule has 3 unspecified atom stereocenters. The Kier molecular flexibility index (Phi) is 4.25. The first-order chi connectivity index (χ1) is 7.40. The first-order valence-electron chi connectivity index (χ1n) is 6.54. The maximum absolute atomic E-state index is 4.98. The van der Waals surface area contributed by atoms with Crippen molar-refractivity contribution in [3.8, 4) is 0 Å². The average Bonchev–Trinajstić information content (AvgIpc) is 2.85. The highest BCUT2D eigenvalue weighted by molar-refractivity contribution is 4.90. The number of methoxy groups -OCH3 is 1. The molecule has 2 aliphatic carbocycles. The number of unbranched alkanes of at least 4 members (excludes halogenated alkanes) is 1. The molecule has 2 saturated carbocycles. The van der Waals surface area contributed by atoms with Crippen LogP contribution in [0.1, 0.15) is 44.9 Å². The van der Waals surface area contributed by atoms with Crippen molar-refractivity contribution in [2.45, 2.75) is 44.9 Å². The van der Waals surface area contributed by atoms with E-state index in [1.54, 1.807) is 20.0 Å². The van der Waals surface area contributed by atoms with Gasteiger partial charge in [0.2, 0.25) is 0 Å². The summed E-state index contributed by atoms with van der Waals surface area (Å²) in [6.45, 7) is 0.772. The smallest absolute Gasteiger partial charge is 0.0643 e. The third kappa shape index (κ3) is 3.07. The third-order valence-electron chi connectivity index (χ3n) is 4.26. The Hall–Kier alpha value is -0.300. The lowest BCUT2D eigenvalue weighted by Crippen LogP contribution is -2.09. The van der Waals surface area contributed by atoms with E-state index in [9.17, 15) is 0 Å². The fourth-order valence-electron chi connectivity index (χ4n) is 3.51. The molecule has 0 saturated heterocycles. The lowest BCUT2D eigenvalue weighted by molar-refractivity contribution is 0.233. The summed E-state index contributed by atoms with van der Waals surface area (Å²) in [5.74, 6) is 3.31. The second-order valence-electron chi connectivity index (χ2n) is 5.29. The van der Waals surface area contributed by atoms with Crippen LogP contribution in [0.2, 0.25) is 0 Å². The Labute approximate surface area is 93.9 Å². The standard InChI is InChI=1S/C14H24O/c1-15-9-5-3-2-4-6-13-10-12-7-8-14(13)11-12/h3,5,12-14H,2,4,6-11H2,1H3. The van der Waals surface area contributed by atoms with Crippen LogP contribution in [0.5, 0.6) is 0 Å². The molecule has 1 heteroatoms. The molecule has 0 aromatic heterocycles. The second-order valence-corrected chi connectivity index (χ2v) is 5.29. The van der Waals surface area contributed by atoms with Crippen LogP contribution >= 0.6 is 0 Å². The molecule has 2 aliphatic rings. The highest BCUT2D eigenvalue weighted by Gasteiger charge is 2.38. The predicted octanol–water partition coefficient (Wildman–Crippen LogP) is 3.80. The molecule has 1 nitrogen and oxygen atoms in total. The monoisotopic (exact) mass is 208 g/mol. The van der Waals surface area contributed by atoms with Gasteiger partial charge in [0.25, 0.3) is 0 Å². The Balaban J connectivity index is 1.55. The largest absolute Gasteiger partial charge is 0.381 e. The quantitative estimate of drug-likeness (QED) is 0.476. The summed E-state index contributed by atoms with van der Waals surface area (Å²) in [6.07, 6.45) is 14.7. The minimum Gasteiger partial charge on any atom is -0.381 e. The zero-order valence-corrected chi connectivity index (χ0v) is 9.95. The van der Waals surface area contributed by atoms with Gasteiger partial charge in [-0.05, 0) is 56.3 Å². The number of rotatable bonds is 6. The SMILES string of the molecule is COCC=CCCCC1CC2CCC1C2. The van der Waals surface area contributed by atoms with Crippen LogP contribution in [0.3, 0.4) is 0 Å². The summed E-state index contributed by atoms with van der Waals surface area (Å²) in [5, 5.41) is 0.